The van der Waals surface area contributed by atoms with Crippen LogP contribution in [0.4, 0.5) is 0 Å². The molecule has 2 heterocycles. The van der Waals surface area contributed by atoms with E-state index in [0.717, 1.165) is 11.1 Å². The molecule has 0 fully saturated rings. The topological polar surface area (TPSA) is 125 Å². The van der Waals surface area contributed by atoms with E-state index in [4.69, 9.17) is 0 Å². The van der Waals surface area contributed by atoms with Gasteiger partial charge in [0.1, 0.15) is 5.52 Å². The number of hydrogen-bond acceptors (Lipinski definition) is 6. The fourth-order valence-corrected chi connectivity index (χ4v) is 5.32. The minimum Gasteiger partial charge on any atom is -0.390 e. The van der Waals surface area contributed by atoms with E-state index >= 15 is 0 Å². The lowest BCUT2D eigenvalue weighted by molar-refractivity contribution is 0.0859. The number of benzene rings is 2. The van der Waals surface area contributed by atoms with Crippen molar-refractivity contribution >= 4 is 26.9 Å². The number of hydrogen-bond donors (Lipinski definition) is 3. The van der Waals surface area contributed by atoms with Crippen LogP contribution < -0.4 is 5.32 Å². The molecule has 2 aromatic heterocycles. The third-order valence-electron chi connectivity index (χ3n) is 6.22. The maximum atomic E-state index is 13.1. The minimum atomic E-state index is -3.37. The first-order valence-electron chi connectivity index (χ1n) is 11.0. The van der Waals surface area contributed by atoms with E-state index in [1.165, 1.54) is 0 Å². The zero-order valence-electron chi connectivity index (χ0n) is 18.7. The van der Waals surface area contributed by atoms with Crippen LogP contribution in [0.2, 0.25) is 0 Å². The van der Waals surface area contributed by atoms with Crippen molar-refractivity contribution in [2.75, 3.05) is 0 Å². The van der Waals surface area contributed by atoms with Gasteiger partial charge in [0.15, 0.2) is 15.5 Å². The molecule has 5 rings (SSSR count). The summed E-state index contributed by atoms with van der Waals surface area (Å²) in [4.78, 5) is 25.3. The Kier molecular flexibility index (Phi) is 5.45. The Morgan fingerprint density at radius 3 is 2.62 bits per heavy atom. The predicted molar refractivity (Wildman–Crippen MR) is 128 cm³/mol. The van der Waals surface area contributed by atoms with Gasteiger partial charge in [0.05, 0.1) is 39.7 Å². The van der Waals surface area contributed by atoms with Crippen molar-refractivity contribution in [1.29, 1.82) is 0 Å². The van der Waals surface area contributed by atoms with Gasteiger partial charge in [0.2, 0.25) is 0 Å². The molecule has 2 unspecified atom stereocenters. The molecule has 0 saturated carbocycles. The second kappa shape index (κ2) is 8.34. The lowest BCUT2D eigenvalue weighted by Gasteiger charge is -2.17. The van der Waals surface area contributed by atoms with Gasteiger partial charge >= 0.3 is 0 Å². The summed E-state index contributed by atoms with van der Waals surface area (Å²) in [5.41, 5.74) is 4.30. The number of nitrogens with one attached hydrogen (secondary N) is 2. The molecular formula is C25H24N4O4S. The number of carbonyl (C=O) groups is 1. The lowest BCUT2D eigenvalue weighted by Crippen LogP contribution is -2.33. The molecule has 0 radical (unpaired) electrons. The standard InChI is InChI=1S/C25H24N4O4S/c1-14(2)34(32,33)17-9-7-15(8-10-17)20-13-27-24-23(28-20)19(12-26-24)25(31)29-22-18-6-4-3-5-16(18)11-21(22)30/h3-10,12-14,21-22,30H,11H2,1-2H3,(H,26,27)(H,29,31). The Morgan fingerprint density at radius 1 is 1.15 bits per heavy atom. The van der Waals surface area contributed by atoms with Crippen LogP contribution in [0.5, 0.6) is 0 Å². The highest BCUT2D eigenvalue weighted by Gasteiger charge is 2.32. The predicted octanol–water partition coefficient (Wildman–Crippen LogP) is 3.20. The Balaban J connectivity index is 1.44. The third kappa shape index (κ3) is 3.76. The summed E-state index contributed by atoms with van der Waals surface area (Å²) in [7, 11) is -3.37. The molecular weight excluding hydrogens is 452 g/mol. The van der Waals surface area contributed by atoms with E-state index < -0.39 is 27.2 Å². The second-order valence-corrected chi connectivity index (χ2v) is 11.2. The fraction of sp³-hybridized carbons (Fsp3) is 0.240. The highest BCUT2D eigenvalue weighted by atomic mass is 32.2. The van der Waals surface area contributed by atoms with Crippen molar-refractivity contribution in [2.24, 2.45) is 0 Å². The van der Waals surface area contributed by atoms with Gasteiger partial charge in [-0.1, -0.05) is 36.4 Å². The van der Waals surface area contributed by atoms with Crippen LogP contribution in [-0.2, 0) is 16.3 Å². The number of aliphatic hydroxyl groups is 1. The first-order valence-corrected chi connectivity index (χ1v) is 12.6. The van der Waals surface area contributed by atoms with Gasteiger partial charge in [-0.25, -0.2) is 18.4 Å². The van der Waals surface area contributed by atoms with Crippen molar-refractivity contribution in [3.8, 4) is 11.3 Å². The van der Waals surface area contributed by atoms with Crippen LogP contribution in [0, 0.1) is 0 Å². The summed E-state index contributed by atoms with van der Waals surface area (Å²) in [6.45, 7) is 3.29. The molecule has 0 bridgehead atoms. The van der Waals surface area contributed by atoms with E-state index in [-0.39, 0.29) is 10.8 Å². The molecule has 2 atom stereocenters. The zero-order chi connectivity index (χ0) is 24.0. The Morgan fingerprint density at radius 2 is 1.88 bits per heavy atom. The zero-order valence-corrected chi connectivity index (χ0v) is 19.5. The fourth-order valence-electron chi connectivity index (χ4n) is 4.26. The number of fused-ring (bicyclic) bond motifs is 2. The number of amides is 1. The monoisotopic (exact) mass is 476 g/mol. The summed E-state index contributed by atoms with van der Waals surface area (Å²) < 4.78 is 24.8. The Labute approximate surface area is 197 Å². The number of H-pyrrole nitrogens is 1. The largest absolute Gasteiger partial charge is 0.390 e. The number of sulfone groups is 1. The van der Waals surface area contributed by atoms with E-state index in [0.29, 0.717) is 34.4 Å². The van der Waals surface area contributed by atoms with Gasteiger partial charge in [-0.15, -0.1) is 0 Å². The quantitative estimate of drug-likeness (QED) is 0.406. The summed E-state index contributed by atoms with van der Waals surface area (Å²) in [6.07, 6.45) is 2.91. The van der Waals surface area contributed by atoms with Gasteiger partial charge in [0, 0.05) is 18.2 Å². The van der Waals surface area contributed by atoms with Crippen LogP contribution in [0.15, 0.2) is 65.8 Å². The van der Waals surface area contributed by atoms with E-state index in [9.17, 15) is 18.3 Å². The van der Waals surface area contributed by atoms with E-state index in [1.54, 1.807) is 50.5 Å². The number of aliphatic hydroxyl groups excluding tert-OH is 1. The number of nitrogens with zero attached hydrogens (tertiary/aromatic N) is 2. The molecule has 3 N–H and O–H groups in total. The van der Waals surface area contributed by atoms with Gasteiger partial charge in [0.25, 0.3) is 5.91 Å². The summed E-state index contributed by atoms with van der Waals surface area (Å²) in [5, 5.41) is 12.9. The van der Waals surface area contributed by atoms with Crippen molar-refractivity contribution in [1.82, 2.24) is 20.3 Å². The van der Waals surface area contributed by atoms with Crippen LogP contribution in [0.3, 0.4) is 0 Å². The SMILES string of the molecule is CC(C)S(=O)(=O)c1ccc(-c2cnc3[nH]cc(C(=O)NC4c5ccccc5CC4O)c3n2)cc1. The Bertz CT molecular complexity index is 1490. The molecule has 4 aromatic rings. The molecule has 174 valence electrons. The van der Waals surface area contributed by atoms with Crippen LogP contribution >= 0.6 is 0 Å². The molecule has 34 heavy (non-hydrogen) atoms. The number of aromatic amines is 1. The average molecular weight is 477 g/mol. The van der Waals surface area contributed by atoms with Crippen molar-refractivity contribution in [3.63, 3.8) is 0 Å². The molecule has 0 saturated heterocycles. The minimum absolute atomic E-state index is 0.248. The summed E-state index contributed by atoms with van der Waals surface area (Å²) >= 11 is 0. The first-order chi connectivity index (χ1) is 16.3. The molecule has 8 nitrogen and oxygen atoms in total. The summed E-state index contributed by atoms with van der Waals surface area (Å²) in [6, 6.07) is 13.6. The second-order valence-electron chi connectivity index (χ2n) is 8.69. The van der Waals surface area contributed by atoms with Crippen molar-refractivity contribution in [3.05, 3.63) is 77.6 Å². The summed E-state index contributed by atoms with van der Waals surface area (Å²) in [5.74, 6) is -0.364. The molecule has 0 aliphatic heterocycles. The third-order valence-corrected chi connectivity index (χ3v) is 8.39. The van der Waals surface area contributed by atoms with E-state index in [1.807, 2.05) is 24.3 Å². The van der Waals surface area contributed by atoms with Crippen LogP contribution in [-0.4, -0.2) is 45.7 Å². The maximum absolute atomic E-state index is 13.1. The smallest absolute Gasteiger partial charge is 0.255 e. The molecule has 0 spiro atoms. The normalized spacial score (nSPS) is 17.8. The highest BCUT2D eigenvalue weighted by Crippen LogP contribution is 2.32. The van der Waals surface area contributed by atoms with Gasteiger partial charge in [-0.2, -0.15) is 0 Å². The molecule has 2 aromatic carbocycles. The van der Waals surface area contributed by atoms with Crippen LogP contribution in [0.25, 0.3) is 22.4 Å². The van der Waals surface area contributed by atoms with Gasteiger partial charge < -0.3 is 15.4 Å². The first kappa shape index (κ1) is 22.2. The Hall–Kier alpha value is -3.56. The van der Waals surface area contributed by atoms with E-state index in [2.05, 4.69) is 20.3 Å². The van der Waals surface area contributed by atoms with Crippen molar-refractivity contribution < 1.29 is 18.3 Å². The van der Waals surface area contributed by atoms with Gasteiger partial charge in [-0.05, 0) is 37.1 Å². The lowest BCUT2D eigenvalue weighted by atomic mass is 10.1. The van der Waals surface area contributed by atoms with Crippen molar-refractivity contribution in [2.45, 2.75) is 42.6 Å². The number of rotatable bonds is 5. The highest BCUT2D eigenvalue weighted by molar-refractivity contribution is 7.92. The maximum Gasteiger partial charge on any atom is 0.255 e. The molecule has 1 amide bonds. The molecule has 1 aliphatic carbocycles. The molecule has 1 aliphatic rings. The number of carbonyl (C=O) groups excluding carboxylic acids is 1. The molecule has 9 heteroatoms. The number of aromatic nitrogens is 3. The van der Waals surface area contributed by atoms with Gasteiger partial charge in [-0.3, -0.25) is 4.79 Å². The average Bonchev–Trinajstić information content (AvgIpc) is 3.39. The van der Waals surface area contributed by atoms with Crippen LogP contribution in [0.1, 0.15) is 41.4 Å².